The van der Waals surface area contributed by atoms with Crippen LogP contribution in [-0.4, -0.2) is 58.0 Å². The van der Waals surface area contributed by atoms with Crippen molar-refractivity contribution in [3.63, 3.8) is 0 Å². The van der Waals surface area contributed by atoms with Crippen molar-refractivity contribution in [3.05, 3.63) is 40.8 Å². The minimum absolute atomic E-state index is 0.146. The smallest absolute Gasteiger partial charge is 0.291 e. The van der Waals surface area contributed by atoms with Crippen molar-refractivity contribution in [1.82, 2.24) is 4.31 Å². The number of benzene rings is 1. The van der Waals surface area contributed by atoms with Gasteiger partial charge in [0.2, 0.25) is 10.0 Å². The molecule has 2 aliphatic rings. The number of hydrogen-bond acceptors (Lipinski definition) is 6. The molecule has 2 aliphatic heterocycles. The van der Waals surface area contributed by atoms with Crippen LogP contribution in [0, 0.1) is 0 Å². The number of sulfonamides is 1. The molecular formula is C20H24BrN3O5S. The van der Waals surface area contributed by atoms with Gasteiger partial charge in [0.1, 0.15) is 0 Å². The van der Waals surface area contributed by atoms with Crippen LogP contribution in [0.4, 0.5) is 11.4 Å². The van der Waals surface area contributed by atoms with Gasteiger partial charge in [-0.15, -0.1) is 0 Å². The highest BCUT2D eigenvalue weighted by Crippen LogP contribution is 2.32. The molecule has 0 aliphatic carbocycles. The molecule has 1 aromatic heterocycles. The molecule has 1 aromatic carbocycles. The summed E-state index contributed by atoms with van der Waals surface area (Å²) in [6.07, 6.45) is 3.29. The molecule has 162 valence electrons. The molecule has 0 atom stereocenters. The fourth-order valence-corrected chi connectivity index (χ4v) is 5.48. The summed E-state index contributed by atoms with van der Waals surface area (Å²) in [5.41, 5.74) is 1.28. The number of nitrogens with zero attached hydrogens (tertiary/aromatic N) is 2. The maximum absolute atomic E-state index is 13.1. The molecule has 0 bridgehead atoms. The lowest BCUT2D eigenvalue weighted by atomic mass is 10.1. The summed E-state index contributed by atoms with van der Waals surface area (Å²) in [6.45, 7) is 3.12. The second-order valence-corrected chi connectivity index (χ2v) is 10.0. The Morgan fingerprint density at radius 3 is 2.40 bits per heavy atom. The Balaban J connectivity index is 1.68. The van der Waals surface area contributed by atoms with Crippen LogP contribution in [0.3, 0.4) is 0 Å². The van der Waals surface area contributed by atoms with E-state index in [-0.39, 0.29) is 10.7 Å². The second-order valence-electron chi connectivity index (χ2n) is 7.30. The maximum atomic E-state index is 13.1. The number of carbonyl (C=O) groups excluding carboxylic acids is 1. The summed E-state index contributed by atoms with van der Waals surface area (Å²) in [5.74, 6) is -0.284. The standard InChI is InChI=1S/C20H24BrN3O5S/c21-19-7-6-18(29-19)20(25)22-16-14-15(30(26,27)24-10-12-28-13-11-24)4-5-17(16)23-8-2-1-3-9-23/h4-7,14H,1-3,8-13H2,(H,22,25). The van der Waals surface area contributed by atoms with Gasteiger partial charge >= 0.3 is 0 Å². The van der Waals surface area contributed by atoms with E-state index in [0.29, 0.717) is 36.7 Å². The number of carbonyl (C=O) groups is 1. The first-order chi connectivity index (χ1) is 14.4. The zero-order valence-electron chi connectivity index (χ0n) is 16.5. The number of morpholine rings is 1. The number of furan rings is 1. The first kappa shape index (κ1) is 21.4. The Hall–Kier alpha value is -1.88. The molecule has 0 radical (unpaired) electrons. The van der Waals surface area contributed by atoms with E-state index in [1.807, 2.05) is 0 Å². The summed E-state index contributed by atoms with van der Waals surface area (Å²) in [4.78, 5) is 15.0. The normalized spacial score (nSPS) is 18.4. The Labute approximate surface area is 184 Å². The van der Waals surface area contributed by atoms with Crippen LogP contribution >= 0.6 is 15.9 Å². The fraction of sp³-hybridized carbons (Fsp3) is 0.450. The van der Waals surface area contributed by atoms with Crippen molar-refractivity contribution in [1.29, 1.82) is 0 Å². The number of amides is 1. The van der Waals surface area contributed by atoms with Crippen LogP contribution in [-0.2, 0) is 14.8 Å². The van der Waals surface area contributed by atoms with Gasteiger partial charge in [0.05, 0.1) is 29.5 Å². The highest BCUT2D eigenvalue weighted by atomic mass is 79.9. The van der Waals surface area contributed by atoms with Gasteiger partial charge in [0, 0.05) is 26.2 Å². The van der Waals surface area contributed by atoms with E-state index in [1.54, 1.807) is 30.3 Å². The molecular weight excluding hydrogens is 474 g/mol. The molecule has 0 unspecified atom stereocenters. The van der Waals surface area contributed by atoms with Gasteiger partial charge in [0.15, 0.2) is 10.4 Å². The van der Waals surface area contributed by atoms with Crippen LogP contribution < -0.4 is 10.2 Å². The molecule has 0 saturated carbocycles. The number of piperidine rings is 1. The third-order valence-electron chi connectivity index (χ3n) is 5.32. The predicted molar refractivity (Wildman–Crippen MR) is 116 cm³/mol. The Morgan fingerprint density at radius 1 is 1.00 bits per heavy atom. The second kappa shape index (κ2) is 9.09. The predicted octanol–water partition coefficient (Wildman–Crippen LogP) is 3.31. The third-order valence-corrected chi connectivity index (χ3v) is 7.64. The Morgan fingerprint density at radius 2 is 1.73 bits per heavy atom. The summed E-state index contributed by atoms with van der Waals surface area (Å²) in [6, 6.07) is 8.15. The Bertz CT molecular complexity index is 1010. The van der Waals surface area contributed by atoms with Crippen molar-refractivity contribution in [2.24, 2.45) is 0 Å². The van der Waals surface area contributed by atoms with Gasteiger partial charge in [-0.3, -0.25) is 4.79 Å². The molecule has 8 nitrogen and oxygen atoms in total. The number of halogens is 1. The van der Waals surface area contributed by atoms with E-state index >= 15 is 0 Å². The van der Waals surface area contributed by atoms with E-state index in [1.165, 1.54) is 10.7 Å². The van der Waals surface area contributed by atoms with Gasteiger partial charge in [-0.05, 0) is 65.5 Å². The third kappa shape index (κ3) is 4.56. The van der Waals surface area contributed by atoms with Crippen molar-refractivity contribution >= 4 is 43.2 Å². The van der Waals surface area contributed by atoms with Gasteiger partial charge in [-0.1, -0.05) is 0 Å². The number of rotatable bonds is 5. The number of hydrogen-bond donors (Lipinski definition) is 1. The Kier molecular flexibility index (Phi) is 6.47. The summed E-state index contributed by atoms with van der Waals surface area (Å²) < 4.78 is 38.7. The average molecular weight is 498 g/mol. The zero-order chi connectivity index (χ0) is 21.1. The largest absolute Gasteiger partial charge is 0.444 e. The van der Waals surface area contributed by atoms with Crippen LogP contribution in [0.1, 0.15) is 29.8 Å². The van der Waals surface area contributed by atoms with Crippen molar-refractivity contribution < 1.29 is 22.4 Å². The van der Waals surface area contributed by atoms with Crippen LogP contribution in [0.5, 0.6) is 0 Å². The first-order valence-corrected chi connectivity index (χ1v) is 12.2. The lowest BCUT2D eigenvalue weighted by molar-refractivity contribution is 0.0730. The van der Waals surface area contributed by atoms with Crippen molar-refractivity contribution in [3.8, 4) is 0 Å². The van der Waals surface area contributed by atoms with E-state index in [9.17, 15) is 13.2 Å². The van der Waals surface area contributed by atoms with Crippen molar-refractivity contribution in [2.75, 3.05) is 49.6 Å². The van der Waals surface area contributed by atoms with Crippen LogP contribution in [0.15, 0.2) is 44.3 Å². The molecule has 3 heterocycles. The van der Waals surface area contributed by atoms with Crippen LogP contribution in [0.2, 0.25) is 0 Å². The monoisotopic (exact) mass is 497 g/mol. The highest BCUT2D eigenvalue weighted by molar-refractivity contribution is 9.10. The lowest BCUT2D eigenvalue weighted by Gasteiger charge is -2.31. The minimum atomic E-state index is -3.68. The maximum Gasteiger partial charge on any atom is 0.291 e. The van der Waals surface area contributed by atoms with E-state index < -0.39 is 15.9 Å². The number of ether oxygens (including phenoxy) is 1. The summed E-state index contributed by atoms with van der Waals surface area (Å²) in [5, 5.41) is 2.85. The van der Waals surface area contributed by atoms with Gasteiger partial charge in [-0.2, -0.15) is 4.31 Å². The highest BCUT2D eigenvalue weighted by Gasteiger charge is 2.28. The van der Waals surface area contributed by atoms with Gasteiger partial charge < -0.3 is 19.4 Å². The summed E-state index contributed by atoms with van der Waals surface area (Å²) >= 11 is 3.19. The molecule has 2 saturated heterocycles. The zero-order valence-corrected chi connectivity index (χ0v) is 18.9. The lowest BCUT2D eigenvalue weighted by Crippen LogP contribution is -2.40. The molecule has 2 fully saturated rings. The molecule has 0 spiro atoms. The van der Waals surface area contributed by atoms with Gasteiger partial charge in [-0.25, -0.2) is 8.42 Å². The number of nitrogens with one attached hydrogen (secondary N) is 1. The molecule has 30 heavy (non-hydrogen) atoms. The van der Waals surface area contributed by atoms with Gasteiger partial charge in [0.25, 0.3) is 5.91 Å². The molecule has 10 heteroatoms. The van der Waals surface area contributed by atoms with Crippen LogP contribution in [0.25, 0.3) is 0 Å². The SMILES string of the molecule is O=C(Nc1cc(S(=O)(=O)N2CCOCC2)ccc1N1CCCCC1)c1ccc(Br)o1. The molecule has 2 aromatic rings. The molecule has 4 rings (SSSR count). The minimum Gasteiger partial charge on any atom is -0.444 e. The fourth-order valence-electron chi connectivity index (χ4n) is 3.74. The molecule has 1 N–H and O–H groups in total. The van der Waals surface area contributed by atoms with E-state index in [2.05, 4.69) is 26.1 Å². The quantitative estimate of drug-likeness (QED) is 0.681. The average Bonchev–Trinajstić information content (AvgIpc) is 3.21. The summed E-state index contributed by atoms with van der Waals surface area (Å²) in [7, 11) is -3.68. The van der Waals surface area contributed by atoms with Crippen molar-refractivity contribution in [2.45, 2.75) is 24.2 Å². The molecule has 1 amide bonds. The first-order valence-electron chi connectivity index (χ1n) is 9.99. The number of anilines is 2. The van der Waals surface area contributed by atoms with E-state index in [4.69, 9.17) is 9.15 Å². The van der Waals surface area contributed by atoms with E-state index in [0.717, 1.165) is 31.6 Å². The topological polar surface area (TPSA) is 92.1 Å².